The summed E-state index contributed by atoms with van der Waals surface area (Å²) in [5.74, 6) is 1.00. The van der Waals surface area contributed by atoms with Gasteiger partial charge in [0.2, 0.25) is 10.0 Å². The first-order valence-corrected chi connectivity index (χ1v) is 10.1. The molecule has 1 aliphatic carbocycles. The van der Waals surface area contributed by atoms with E-state index in [1.54, 1.807) is 6.07 Å². The maximum atomic E-state index is 12.5. The summed E-state index contributed by atoms with van der Waals surface area (Å²) in [5, 5.41) is 5.22. The highest BCUT2D eigenvalue weighted by Gasteiger charge is 2.33. The van der Waals surface area contributed by atoms with E-state index in [4.69, 9.17) is 0 Å². The molecule has 0 saturated heterocycles. The van der Waals surface area contributed by atoms with Crippen molar-refractivity contribution in [3.63, 3.8) is 0 Å². The number of sulfonamides is 1. The lowest BCUT2D eigenvalue weighted by Crippen LogP contribution is -2.36. The third-order valence-corrected chi connectivity index (χ3v) is 7.40. The van der Waals surface area contributed by atoms with Crippen LogP contribution in [0, 0.1) is 11.8 Å². The third-order valence-electron chi connectivity index (χ3n) is 4.42. The minimum absolute atomic E-state index is 0.0776. The van der Waals surface area contributed by atoms with Gasteiger partial charge in [0.25, 0.3) is 0 Å². The molecule has 0 radical (unpaired) electrons. The SMILES string of the molecule is CCCNCc1csc(S(=O)(=O)NC2CCC(C)C2C)c1. The largest absolute Gasteiger partial charge is 0.313 e. The summed E-state index contributed by atoms with van der Waals surface area (Å²) in [7, 11) is -3.37. The molecule has 120 valence electrons. The minimum Gasteiger partial charge on any atom is -0.313 e. The van der Waals surface area contributed by atoms with Crippen LogP contribution in [0.5, 0.6) is 0 Å². The summed E-state index contributed by atoms with van der Waals surface area (Å²) in [4.78, 5) is 0. The van der Waals surface area contributed by atoms with Gasteiger partial charge in [-0.15, -0.1) is 11.3 Å². The van der Waals surface area contributed by atoms with Crippen LogP contribution in [-0.4, -0.2) is 21.0 Å². The van der Waals surface area contributed by atoms with Crippen LogP contribution in [0.25, 0.3) is 0 Å². The smallest absolute Gasteiger partial charge is 0.250 e. The summed E-state index contributed by atoms with van der Waals surface area (Å²) in [6.07, 6.45) is 3.12. The second kappa shape index (κ2) is 7.22. The van der Waals surface area contributed by atoms with Crippen molar-refractivity contribution in [1.29, 1.82) is 0 Å². The third kappa shape index (κ3) is 4.28. The van der Waals surface area contributed by atoms with E-state index in [0.29, 0.717) is 16.0 Å². The molecule has 1 fully saturated rings. The van der Waals surface area contributed by atoms with Gasteiger partial charge < -0.3 is 5.32 Å². The molecular weight excluding hydrogens is 304 g/mol. The number of rotatable bonds is 7. The minimum atomic E-state index is -3.37. The van der Waals surface area contributed by atoms with Crippen molar-refractivity contribution >= 4 is 21.4 Å². The fraction of sp³-hybridized carbons (Fsp3) is 0.733. The van der Waals surface area contributed by atoms with Crippen molar-refractivity contribution in [2.45, 2.75) is 56.8 Å². The summed E-state index contributed by atoms with van der Waals surface area (Å²) >= 11 is 1.31. The van der Waals surface area contributed by atoms with Gasteiger partial charge in [-0.3, -0.25) is 0 Å². The number of hydrogen-bond donors (Lipinski definition) is 2. The second-order valence-electron chi connectivity index (χ2n) is 6.09. The van der Waals surface area contributed by atoms with Crippen LogP contribution in [0.2, 0.25) is 0 Å². The van der Waals surface area contributed by atoms with E-state index in [9.17, 15) is 8.42 Å². The van der Waals surface area contributed by atoms with Crippen molar-refractivity contribution < 1.29 is 8.42 Å². The van der Waals surface area contributed by atoms with Crippen molar-refractivity contribution in [1.82, 2.24) is 10.0 Å². The molecule has 6 heteroatoms. The average molecular weight is 331 g/mol. The molecule has 1 aliphatic rings. The summed E-state index contributed by atoms with van der Waals surface area (Å²) in [6.45, 7) is 8.13. The first kappa shape index (κ1) is 16.9. The standard InChI is InChI=1S/C15H26N2O2S2/c1-4-7-16-9-13-8-15(20-10-13)21(18,19)17-14-6-5-11(2)12(14)3/h8,10-12,14,16-17H,4-7,9H2,1-3H3. The molecule has 1 heterocycles. The lowest BCUT2D eigenvalue weighted by atomic mass is 9.98. The zero-order valence-corrected chi connectivity index (χ0v) is 14.7. The van der Waals surface area contributed by atoms with Crippen LogP contribution < -0.4 is 10.0 Å². The molecule has 0 bridgehead atoms. The van der Waals surface area contributed by atoms with E-state index in [2.05, 4.69) is 30.8 Å². The van der Waals surface area contributed by atoms with Crippen LogP contribution in [0.15, 0.2) is 15.7 Å². The monoisotopic (exact) mass is 330 g/mol. The Morgan fingerprint density at radius 2 is 2.10 bits per heavy atom. The highest BCUT2D eigenvalue weighted by molar-refractivity contribution is 7.91. The molecular formula is C15H26N2O2S2. The van der Waals surface area contributed by atoms with Gasteiger partial charge in [-0.1, -0.05) is 20.8 Å². The van der Waals surface area contributed by atoms with Crippen LogP contribution in [-0.2, 0) is 16.6 Å². The predicted octanol–water partition coefficient (Wildman–Crippen LogP) is 2.96. The molecule has 4 nitrogen and oxygen atoms in total. The van der Waals surface area contributed by atoms with Crippen molar-refractivity contribution in [2.75, 3.05) is 6.54 Å². The fourth-order valence-electron chi connectivity index (χ4n) is 2.78. The number of hydrogen-bond acceptors (Lipinski definition) is 4. The molecule has 1 aromatic rings. The number of nitrogens with one attached hydrogen (secondary N) is 2. The zero-order chi connectivity index (χ0) is 15.5. The molecule has 2 N–H and O–H groups in total. The Bertz CT molecular complexity index is 554. The fourth-order valence-corrected chi connectivity index (χ4v) is 5.37. The lowest BCUT2D eigenvalue weighted by molar-refractivity contribution is 0.402. The molecule has 0 spiro atoms. The lowest BCUT2D eigenvalue weighted by Gasteiger charge is -2.19. The van der Waals surface area contributed by atoms with Crippen molar-refractivity contribution in [2.24, 2.45) is 11.8 Å². The Hall–Kier alpha value is -0.430. The van der Waals surface area contributed by atoms with E-state index in [0.717, 1.165) is 37.9 Å². The normalized spacial score (nSPS) is 26.3. The first-order valence-electron chi connectivity index (χ1n) is 7.74. The molecule has 1 aromatic heterocycles. The summed E-state index contributed by atoms with van der Waals surface area (Å²) < 4.78 is 28.3. The van der Waals surface area contributed by atoms with Gasteiger partial charge in [0.15, 0.2) is 0 Å². The summed E-state index contributed by atoms with van der Waals surface area (Å²) in [5.41, 5.74) is 1.04. The van der Waals surface area contributed by atoms with E-state index < -0.39 is 10.0 Å². The van der Waals surface area contributed by atoms with Gasteiger partial charge in [-0.05, 0) is 54.7 Å². The molecule has 3 unspecified atom stereocenters. The Kier molecular flexibility index (Phi) is 5.82. The van der Waals surface area contributed by atoms with E-state index in [-0.39, 0.29) is 6.04 Å². The Balaban J connectivity index is 1.99. The van der Waals surface area contributed by atoms with Crippen LogP contribution >= 0.6 is 11.3 Å². The molecule has 2 rings (SSSR count). The van der Waals surface area contributed by atoms with Gasteiger partial charge >= 0.3 is 0 Å². The van der Waals surface area contributed by atoms with Crippen molar-refractivity contribution in [3.05, 3.63) is 17.0 Å². The van der Waals surface area contributed by atoms with E-state index >= 15 is 0 Å². The second-order valence-corrected chi connectivity index (χ2v) is 8.94. The maximum Gasteiger partial charge on any atom is 0.250 e. The Morgan fingerprint density at radius 3 is 2.71 bits per heavy atom. The molecule has 0 aliphatic heterocycles. The topological polar surface area (TPSA) is 58.2 Å². The van der Waals surface area contributed by atoms with Crippen LogP contribution in [0.3, 0.4) is 0 Å². The zero-order valence-electron chi connectivity index (χ0n) is 13.1. The van der Waals surface area contributed by atoms with Gasteiger partial charge in [-0.2, -0.15) is 0 Å². The Morgan fingerprint density at radius 1 is 1.33 bits per heavy atom. The van der Waals surface area contributed by atoms with E-state index in [1.165, 1.54) is 11.3 Å². The maximum absolute atomic E-state index is 12.5. The summed E-state index contributed by atoms with van der Waals surface area (Å²) in [6, 6.07) is 1.87. The quantitative estimate of drug-likeness (QED) is 0.756. The van der Waals surface area contributed by atoms with Gasteiger partial charge in [0.1, 0.15) is 4.21 Å². The van der Waals surface area contributed by atoms with E-state index in [1.807, 2.05) is 5.38 Å². The van der Waals surface area contributed by atoms with Gasteiger partial charge in [0.05, 0.1) is 0 Å². The van der Waals surface area contributed by atoms with Gasteiger partial charge in [-0.25, -0.2) is 13.1 Å². The highest BCUT2D eigenvalue weighted by Crippen LogP contribution is 2.32. The van der Waals surface area contributed by atoms with Crippen molar-refractivity contribution in [3.8, 4) is 0 Å². The number of thiophene rings is 1. The molecule has 0 amide bonds. The predicted molar refractivity (Wildman–Crippen MR) is 88.0 cm³/mol. The molecule has 1 saturated carbocycles. The molecule has 3 atom stereocenters. The molecule has 21 heavy (non-hydrogen) atoms. The average Bonchev–Trinajstić information content (AvgIpc) is 3.02. The van der Waals surface area contributed by atoms with Gasteiger partial charge in [0, 0.05) is 12.6 Å². The first-order chi connectivity index (χ1) is 9.94. The van der Waals surface area contributed by atoms with Crippen LogP contribution in [0.1, 0.15) is 45.6 Å². The van der Waals surface area contributed by atoms with Crippen LogP contribution in [0.4, 0.5) is 0 Å². The molecule has 0 aromatic carbocycles. The Labute approximate surface area is 132 Å². The highest BCUT2D eigenvalue weighted by atomic mass is 32.2.